The first-order valence-electron chi connectivity index (χ1n) is 3.41. The predicted molar refractivity (Wildman–Crippen MR) is 44.0 cm³/mol. The van der Waals surface area contributed by atoms with Crippen LogP contribution in [0, 0.1) is 18.3 Å². The third kappa shape index (κ3) is 0.857. The Hall–Kier alpha value is -1.82. The van der Waals surface area contributed by atoms with E-state index >= 15 is 0 Å². The summed E-state index contributed by atoms with van der Waals surface area (Å²) in [6.07, 6.45) is 5.16. The number of aromatic nitrogens is 2. The number of hydrogen-bond donors (Lipinski definition) is 1. The Labute approximate surface area is 68.4 Å². The van der Waals surface area contributed by atoms with Crippen molar-refractivity contribution in [1.82, 2.24) is 10.2 Å². The summed E-state index contributed by atoms with van der Waals surface area (Å²) >= 11 is 0. The molecule has 2 nitrogen and oxygen atoms in total. The molecule has 0 atom stereocenters. The Bertz CT molecular complexity index is 465. The van der Waals surface area contributed by atoms with Crippen LogP contribution in [0.25, 0.3) is 10.9 Å². The van der Waals surface area contributed by atoms with Crippen LogP contribution in [0.2, 0.25) is 0 Å². The van der Waals surface area contributed by atoms with Crippen molar-refractivity contribution in [3.8, 4) is 12.3 Å². The molecule has 0 saturated carbocycles. The van der Waals surface area contributed by atoms with Crippen molar-refractivity contribution in [1.29, 1.82) is 0 Å². The number of benzene rings is 1. The molecule has 58 valence electrons. The molecule has 0 fully saturated rings. The molecule has 1 aromatic carbocycles. The lowest BCUT2D eigenvalue weighted by Crippen LogP contribution is -1.74. The molecule has 2 aromatic rings. The third-order valence-electron chi connectivity index (χ3n) is 1.67. The molecule has 1 aromatic heterocycles. The van der Waals surface area contributed by atoms with E-state index in [0.717, 1.165) is 0 Å². The van der Waals surface area contributed by atoms with E-state index in [1.54, 1.807) is 18.2 Å². The lowest BCUT2D eigenvalue weighted by atomic mass is 10.2. The minimum atomic E-state index is -0.443. The van der Waals surface area contributed by atoms with Gasteiger partial charge in [0.2, 0.25) is 5.95 Å². The lowest BCUT2D eigenvalue weighted by molar-refractivity contribution is 0.588. The Kier molecular flexibility index (Phi) is 1.34. The van der Waals surface area contributed by atoms with Gasteiger partial charge >= 0.3 is 0 Å². The average molecular weight is 160 g/mol. The van der Waals surface area contributed by atoms with Crippen molar-refractivity contribution in [3.63, 3.8) is 0 Å². The molecule has 1 heterocycles. The molecule has 0 aliphatic heterocycles. The fourth-order valence-electron chi connectivity index (χ4n) is 1.07. The Morgan fingerprint density at radius 3 is 3.08 bits per heavy atom. The van der Waals surface area contributed by atoms with Crippen LogP contribution in [-0.2, 0) is 0 Å². The summed E-state index contributed by atoms with van der Waals surface area (Å²) in [5.41, 5.74) is 1.24. The smallest absolute Gasteiger partial charge is 0.216 e. The average Bonchev–Trinajstić information content (AvgIpc) is 2.47. The second-order valence-corrected chi connectivity index (χ2v) is 2.41. The van der Waals surface area contributed by atoms with Crippen molar-refractivity contribution in [2.24, 2.45) is 0 Å². The quantitative estimate of drug-likeness (QED) is 0.583. The molecule has 0 bridgehead atoms. The third-order valence-corrected chi connectivity index (χ3v) is 1.67. The number of terminal acetylenes is 1. The monoisotopic (exact) mass is 160 g/mol. The molecule has 0 saturated heterocycles. The van der Waals surface area contributed by atoms with E-state index in [0.29, 0.717) is 16.5 Å². The predicted octanol–water partition coefficient (Wildman–Crippen LogP) is 1.68. The van der Waals surface area contributed by atoms with Crippen LogP contribution in [-0.4, -0.2) is 10.2 Å². The SMILES string of the molecule is C#Cc1ccc2n[nH]c(F)c2c1. The maximum absolute atomic E-state index is 12.9. The molecule has 0 amide bonds. The molecule has 0 spiro atoms. The van der Waals surface area contributed by atoms with Crippen LogP contribution in [0.15, 0.2) is 18.2 Å². The minimum Gasteiger partial charge on any atom is -0.252 e. The molecule has 3 heteroatoms. The first-order chi connectivity index (χ1) is 5.81. The van der Waals surface area contributed by atoms with Gasteiger partial charge in [-0.05, 0) is 18.2 Å². The van der Waals surface area contributed by atoms with E-state index in [1.807, 2.05) is 0 Å². The van der Waals surface area contributed by atoms with Crippen LogP contribution in [0.3, 0.4) is 0 Å². The number of fused-ring (bicyclic) bond motifs is 1. The second-order valence-electron chi connectivity index (χ2n) is 2.41. The maximum atomic E-state index is 12.9. The summed E-state index contributed by atoms with van der Waals surface area (Å²) in [4.78, 5) is 0. The molecule has 0 aliphatic carbocycles. The number of H-pyrrole nitrogens is 1. The van der Waals surface area contributed by atoms with Crippen LogP contribution in [0.1, 0.15) is 5.56 Å². The number of nitrogens with zero attached hydrogens (tertiary/aromatic N) is 1. The van der Waals surface area contributed by atoms with Gasteiger partial charge in [0, 0.05) is 5.56 Å². The summed E-state index contributed by atoms with van der Waals surface area (Å²) < 4.78 is 12.9. The van der Waals surface area contributed by atoms with Gasteiger partial charge in [0.05, 0.1) is 10.9 Å². The van der Waals surface area contributed by atoms with Gasteiger partial charge in [0.15, 0.2) is 0 Å². The Morgan fingerprint density at radius 2 is 2.33 bits per heavy atom. The highest BCUT2D eigenvalue weighted by Crippen LogP contribution is 2.15. The van der Waals surface area contributed by atoms with E-state index in [4.69, 9.17) is 6.42 Å². The largest absolute Gasteiger partial charge is 0.252 e. The molecule has 2 rings (SSSR count). The van der Waals surface area contributed by atoms with Crippen LogP contribution < -0.4 is 0 Å². The first-order valence-corrected chi connectivity index (χ1v) is 3.41. The summed E-state index contributed by atoms with van der Waals surface area (Å²) in [5, 5.41) is 6.40. The zero-order chi connectivity index (χ0) is 8.55. The zero-order valence-electron chi connectivity index (χ0n) is 6.13. The highest BCUT2D eigenvalue weighted by atomic mass is 19.1. The van der Waals surface area contributed by atoms with Gasteiger partial charge in [-0.1, -0.05) is 5.92 Å². The van der Waals surface area contributed by atoms with Crippen molar-refractivity contribution < 1.29 is 4.39 Å². The molecular weight excluding hydrogens is 155 g/mol. The van der Waals surface area contributed by atoms with E-state index in [1.165, 1.54) is 0 Å². The van der Waals surface area contributed by atoms with Crippen molar-refractivity contribution in [2.75, 3.05) is 0 Å². The van der Waals surface area contributed by atoms with E-state index in [9.17, 15) is 4.39 Å². The van der Waals surface area contributed by atoms with Gasteiger partial charge in [-0.15, -0.1) is 6.42 Å². The van der Waals surface area contributed by atoms with Gasteiger partial charge in [-0.25, -0.2) is 0 Å². The Balaban J connectivity index is 2.82. The first kappa shape index (κ1) is 6.86. The second kappa shape index (κ2) is 2.35. The van der Waals surface area contributed by atoms with Gasteiger partial charge < -0.3 is 0 Å². The molecule has 0 unspecified atom stereocenters. The highest BCUT2D eigenvalue weighted by molar-refractivity contribution is 5.80. The zero-order valence-corrected chi connectivity index (χ0v) is 6.13. The molecular formula is C9H5FN2. The van der Waals surface area contributed by atoms with E-state index < -0.39 is 5.95 Å². The summed E-state index contributed by atoms with van der Waals surface area (Å²) in [6, 6.07) is 5.00. The van der Waals surface area contributed by atoms with Gasteiger partial charge in [0.1, 0.15) is 0 Å². The van der Waals surface area contributed by atoms with Gasteiger partial charge in [-0.3, -0.25) is 5.10 Å². The highest BCUT2D eigenvalue weighted by Gasteiger charge is 2.03. The van der Waals surface area contributed by atoms with Crippen molar-refractivity contribution >= 4 is 10.9 Å². The summed E-state index contributed by atoms with van der Waals surface area (Å²) in [6.45, 7) is 0. The topological polar surface area (TPSA) is 28.7 Å². The standard InChI is InChI=1S/C9H5FN2/c1-2-6-3-4-8-7(5-6)9(10)12-11-8/h1,3-5H,(H,11,12). The van der Waals surface area contributed by atoms with Crippen LogP contribution in [0.4, 0.5) is 4.39 Å². The van der Waals surface area contributed by atoms with Gasteiger partial charge in [-0.2, -0.15) is 9.49 Å². The van der Waals surface area contributed by atoms with Gasteiger partial charge in [0.25, 0.3) is 0 Å². The molecule has 0 radical (unpaired) electrons. The van der Waals surface area contributed by atoms with Crippen molar-refractivity contribution in [3.05, 3.63) is 29.7 Å². The summed E-state index contributed by atoms with van der Waals surface area (Å²) in [5.74, 6) is 1.99. The number of rotatable bonds is 0. The number of aromatic amines is 1. The van der Waals surface area contributed by atoms with Crippen molar-refractivity contribution in [2.45, 2.75) is 0 Å². The fourth-order valence-corrected chi connectivity index (χ4v) is 1.07. The number of nitrogens with one attached hydrogen (secondary N) is 1. The van der Waals surface area contributed by atoms with Crippen LogP contribution >= 0.6 is 0 Å². The molecule has 1 N–H and O–H groups in total. The maximum Gasteiger partial charge on any atom is 0.216 e. The number of hydrogen-bond acceptors (Lipinski definition) is 1. The minimum absolute atomic E-state index is 0.436. The Morgan fingerprint density at radius 1 is 1.50 bits per heavy atom. The van der Waals surface area contributed by atoms with E-state index in [2.05, 4.69) is 16.1 Å². The normalized spacial score (nSPS) is 10.0. The fraction of sp³-hybridized carbons (Fsp3) is 0. The van der Waals surface area contributed by atoms with E-state index in [-0.39, 0.29) is 0 Å². The molecule has 12 heavy (non-hydrogen) atoms. The number of halogens is 1. The van der Waals surface area contributed by atoms with Crippen LogP contribution in [0.5, 0.6) is 0 Å². The summed E-state index contributed by atoms with van der Waals surface area (Å²) in [7, 11) is 0. The molecule has 0 aliphatic rings. The lowest BCUT2D eigenvalue weighted by Gasteiger charge is -1.89.